The Kier molecular flexibility index (Phi) is 5.17. The van der Waals surface area contributed by atoms with Crippen LogP contribution in [0.2, 0.25) is 0 Å². The minimum Gasteiger partial charge on any atom is -0.356 e. The number of likely N-dealkylation sites (N-methyl/N-ethyl adjacent to an activating group) is 1. The van der Waals surface area contributed by atoms with Gasteiger partial charge in [-0.3, -0.25) is 19.3 Å². The second-order valence-electron chi connectivity index (χ2n) is 6.97. The number of amides is 2. The number of hydrogen-bond donors (Lipinski definition) is 2. The van der Waals surface area contributed by atoms with Crippen LogP contribution in [0.25, 0.3) is 0 Å². The summed E-state index contributed by atoms with van der Waals surface area (Å²) in [7, 11) is 2.09. The third-order valence-electron chi connectivity index (χ3n) is 5.41. The van der Waals surface area contributed by atoms with Crippen molar-refractivity contribution < 1.29 is 9.59 Å². The summed E-state index contributed by atoms with van der Waals surface area (Å²) in [4.78, 5) is 39.6. The van der Waals surface area contributed by atoms with Gasteiger partial charge >= 0.3 is 0 Å². The molecular weight excluding hydrogens is 322 g/mol. The fourth-order valence-electron chi connectivity index (χ4n) is 3.72. The fourth-order valence-corrected chi connectivity index (χ4v) is 3.72. The van der Waals surface area contributed by atoms with Crippen LogP contribution in [0.1, 0.15) is 31.4 Å². The van der Waals surface area contributed by atoms with Crippen LogP contribution in [-0.2, 0) is 16.0 Å². The number of carbonyl (C=O) groups excluding carboxylic acids is 2. The second-order valence-corrected chi connectivity index (χ2v) is 6.97. The number of nitrogens with one attached hydrogen (secondary N) is 2. The molecule has 0 radical (unpaired) electrons. The number of piperazine rings is 1. The molecule has 3 heterocycles. The molecule has 1 atom stereocenters. The summed E-state index contributed by atoms with van der Waals surface area (Å²) < 4.78 is 0. The molecule has 25 heavy (non-hydrogen) atoms. The van der Waals surface area contributed by atoms with Gasteiger partial charge in [-0.15, -0.1) is 0 Å². The molecule has 3 rings (SSSR count). The Morgan fingerprint density at radius 1 is 1.28 bits per heavy atom. The third-order valence-corrected chi connectivity index (χ3v) is 5.41. The van der Waals surface area contributed by atoms with E-state index in [9.17, 15) is 14.4 Å². The topological polar surface area (TPSA) is 98.4 Å². The van der Waals surface area contributed by atoms with E-state index in [4.69, 9.17) is 0 Å². The highest BCUT2D eigenvalue weighted by Crippen LogP contribution is 2.30. The lowest BCUT2D eigenvalue weighted by Crippen LogP contribution is -2.62. The predicted octanol–water partition coefficient (Wildman–Crippen LogP) is -0.485. The highest BCUT2D eigenvalue weighted by molar-refractivity contribution is 5.77. The first kappa shape index (κ1) is 17.6. The van der Waals surface area contributed by atoms with Gasteiger partial charge in [-0.1, -0.05) is 0 Å². The largest absolute Gasteiger partial charge is 0.356 e. The minimum absolute atomic E-state index is 0.0952. The summed E-state index contributed by atoms with van der Waals surface area (Å²) in [6.07, 6.45) is 3.03. The molecule has 0 unspecified atom stereocenters. The van der Waals surface area contributed by atoms with Gasteiger partial charge in [0.15, 0.2) is 0 Å². The molecule has 136 valence electrons. The zero-order valence-corrected chi connectivity index (χ0v) is 14.6. The molecule has 8 nitrogen and oxygen atoms in total. The van der Waals surface area contributed by atoms with E-state index in [0.29, 0.717) is 44.6 Å². The van der Waals surface area contributed by atoms with E-state index in [0.717, 1.165) is 19.4 Å². The maximum atomic E-state index is 12.6. The summed E-state index contributed by atoms with van der Waals surface area (Å²) in [6.45, 7) is 2.84. The van der Waals surface area contributed by atoms with E-state index < -0.39 is 0 Å². The van der Waals surface area contributed by atoms with Crippen molar-refractivity contribution in [2.45, 2.75) is 37.6 Å². The Balaban J connectivity index is 1.61. The Morgan fingerprint density at radius 3 is 2.88 bits per heavy atom. The summed E-state index contributed by atoms with van der Waals surface area (Å²) in [6, 6.07) is 3.08. The molecule has 2 N–H and O–H groups in total. The first-order valence-corrected chi connectivity index (χ1v) is 8.79. The summed E-state index contributed by atoms with van der Waals surface area (Å²) in [5.41, 5.74) is 0.345. The smallest absolute Gasteiger partial charge is 0.264 e. The number of rotatable bonds is 3. The fraction of sp³-hybridized carbons (Fsp3) is 0.647. The molecule has 1 spiro atoms. The molecule has 0 bridgehead atoms. The average Bonchev–Trinajstić information content (AvgIpc) is 2.79. The van der Waals surface area contributed by atoms with Crippen molar-refractivity contribution in [1.82, 2.24) is 25.3 Å². The Bertz CT molecular complexity index is 683. The predicted molar refractivity (Wildman–Crippen MR) is 92.0 cm³/mol. The molecule has 8 heteroatoms. The molecule has 2 aliphatic heterocycles. The molecule has 0 aromatic carbocycles. The number of aromatic amines is 1. The first-order chi connectivity index (χ1) is 12.0. The van der Waals surface area contributed by atoms with Gasteiger partial charge < -0.3 is 10.2 Å². The summed E-state index contributed by atoms with van der Waals surface area (Å²) >= 11 is 0. The highest BCUT2D eigenvalue weighted by atomic mass is 16.2. The van der Waals surface area contributed by atoms with Crippen LogP contribution in [0.3, 0.4) is 0 Å². The number of hydrogen-bond acceptors (Lipinski definition) is 5. The standard InChI is InChI=1S/C17H25N5O3/c1-21-10-11-22(12-17(21)7-6-14(23)18-9-8-17)16(25)5-3-13-2-4-15(24)20-19-13/h2,4H,3,5-12H2,1H3,(H,18,23)(H,20,24)/t17-/m1/s1. The maximum Gasteiger partial charge on any atom is 0.264 e. The van der Waals surface area contributed by atoms with Gasteiger partial charge in [0.1, 0.15) is 0 Å². The Morgan fingerprint density at radius 2 is 2.12 bits per heavy atom. The van der Waals surface area contributed by atoms with E-state index in [1.807, 2.05) is 4.90 Å². The number of aryl methyl sites for hydroxylation is 1. The zero-order valence-electron chi connectivity index (χ0n) is 14.6. The van der Waals surface area contributed by atoms with Crippen molar-refractivity contribution >= 4 is 11.8 Å². The van der Waals surface area contributed by atoms with E-state index in [2.05, 4.69) is 27.5 Å². The molecule has 2 amide bonds. The monoisotopic (exact) mass is 347 g/mol. The van der Waals surface area contributed by atoms with Crippen LogP contribution in [0.4, 0.5) is 0 Å². The molecule has 2 saturated heterocycles. The van der Waals surface area contributed by atoms with Crippen LogP contribution in [0.15, 0.2) is 16.9 Å². The van der Waals surface area contributed by atoms with Crippen LogP contribution in [-0.4, -0.2) is 70.6 Å². The van der Waals surface area contributed by atoms with Crippen LogP contribution in [0, 0.1) is 0 Å². The first-order valence-electron chi connectivity index (χ1n) is 8.79. The van der Waals surface area contributed by atoms with Crippen molar-refractivity contribution in [3.05, 3.63) is 28.2 Å². The van der Waals surface area contributed by atoms with Crippen molar-refractivity contribution in [3.63, 3.8) is 0 Å². The van der Waals surface area contributed by atoms with Crippen molar-refractivity contribution in [3.8, 4) is 0 Å². The van der Waals surface area contributed by atoms with Gasteiger partial charge in [0.2, 0.25) is 11.8 Å². The normalized spacial score (nSPS) is 24.8. The number of nitrogens with zero attached hydrogens (tertiary/aromatic N) is 3. The lowest BCUT2D eigenvalue weighted by molar-refractivity contribution is -0.136. The number of carbonyl (C=O) groups is 2. The Hall–Kier alpha value is -2.22. The molecule has 2 fully saturated rings. The van der Waals surface area contributed by atoms with E-state index in [-0.39, 0.29) is 22.9 Å². The lowest BCUT2D eigenvalue weighted by Gasteiger charge is -2.49. The van der Waals surface area contributed by atoms with E-state index >= 15 is 0 Å². The van der Waals surface area contributed by atoms with Crippen LogP contribution in [0.5, 0.6) is 0 Å². The Labute approximate surface area is 146 Å². The van der Waals surface area contributed by atoms with Gasteiger partial charge in [0.05, 0.1) is 5.69 Å². The van der Waals surface area contributed by atoms with E-state index in [1.165, 1.54) is 6.07 Å². The molecule has 0 saturated carbocycles. The van der Waals surface area contributed by atoms with Gasteiger partial charge in [-0.25, -0.2) is 5.10 Å². The van der Waals surface area contributed by atoms with Crippen molar-refractivity contribution in [2.75, 3.05) is 33.2 Å². The van der Waals surface area contributed by atoms with Crippen molar-refractivity contribution in [2.24, 2.45) is 0 Å². The zero-order chi connectivity index (χ0) is 17.9. The van der Waals surface area contributed by atoms with E-state index in [1.54, 1.807) is 6.07 Å². The molecule has 1 aromatic heterocycles. The quantitative estimate of drug-likeness (QED) is 0.769. The maximum absolute atomic E-state index is 12.6. The van der Waals surface area contributed by atoms with Crippen LogP contribution >= 0.6 is 0 Å². The SMILES string of the molecule is CN1CCN(C(=O)CCc2ccc(=O)[nH]n2)C[C@@]12CCNC(=O)CC2. The van der Waals surface area contributed by atoms with Crippen molar-refractivity contribution in [1.29, 1.82) is 0 Å². The average molecular weight is 347 g/mol. The lowest BCUT2D eigenvalue weighted by atomic mass is 9.86. The minimum atomic E-state index is -0.243. The number of aromatic nitrogens is 2. The van der Waals surface area contributed by atoms with Crippen LogP contribution < -0.4 is 10.9 Å². The third kappa shape index (κ3) is 4.07. The number of H-pyrrole nitrogens is 1. The van der Waals surface area contributed by atoms with Gasteiger partial charge in [0.25, 0.3) is 5.56 Å². The molecule has 0 aliphatic carbocycles. The summed E-state index contributed by atoms with van der Waals surface area (Å²) in [5, 5.41) is 9.27. The van der Waals surface area contributed by atoms with Gasteiger partial charge in [-0.05, 0) is 26.0 Å². The summed E-state index contributed by atoms with van der Waals surface area (Å²) in [5.74, 6) is 0.196. The molecular formula is C17H25N5O3. The van der Waals surface area contributed by atoms with Gasteiger partial charge in [0, 0.05) is 57.0 Å². The molecule has 1 aromatic rings. The highest BCUT2D eigenvalue weighted by Gasteiger charge is 2.41. The van der Waals surface area contributed by atoms with Gasteiger partial charge in [-0.2, -0.15) is 5.10 Å². The second kappa shape index (κ2) is 7.35. The molecule has 2 aliphatic rings.